The predicted molar refractivity (Wildman–Crippen MR) is 64.6 cm³/mol. The molecule has 1 rings (SSSR count). The Hall–Kier alpha value is -1.43. The van der Waals surface area contributed by atoms with E-state index in [0.717, 1.165) is 12.1 Å². The van der Waals surface area contributed by atoms with Crippen molar-refractivity contribution in [3.8, 4) is 5.75 Å². The lowest BCUT2D eigenvalue weighted by molar-refractivity contribution is -0.137. The van der Waals surface area contributed by atoms with Crippen LogP contribution in [0.25, 0.3) is 0 Å². The van der Waals surface area contributed by atoms with Crippen LogP contribution in [0, 0.1) is 0 Å². The largest absolute Gasteiger partial charge is 0.492 e. The minimum atomic E-state index is -4.44. The van der Waals surface area contributed by atoms with Crippen LogP contribution in [0.2, 0.25) is 0 Å². The normalized spacial score (nSPS) is 12.6. The van der Waals surface area contributed by atoms with E-state index >= 15 is 0 Å². The number of aliphatic imine (C=N–C) groups is 1. The molecule has 1 aromatic rings. The van der Waals surface area contributed by atoms with Crippen LogP contribution in [-0.2, 0) is 6.18 Å². The van der Waals surface area contributed by atoms with Crippen LogP contribution in [-0.4, -0.2) is 18.3 Å². The summed E-state index contributed by atoms with van der Waals surface area (Å²) in [4.78, 5) is 3.81. The summed E-state index contributed by atoms with van der Waals surface area (Å²) in [7, 11) is 0. The van der Waals surface area contributed by atoms with E-state index < -0.39 is 11.7 Å². The van der Waals surface area contributed by atoms with Crippen LogP contribution in [0.15, 0.2) is 23.2 Å². The molecular formula is C11H12ClF3N2O. The van der Waals surface area contributed by atoms with Gasteiger partial charge in [0.1, 0.15) is 17.3 Å². The molecule has 100 valence electrons. The van der Waals surface area contributed by atoms with Crippen LogP contribution in [0.5, 0.6) is 5.75 Å². The van der Waals surface area contributed by atoms with Crippen LogP contribution in [0.1, 0.15) is 12.5 Å². The molecule has 0 saturated heterocycles. The molecule has 7 heteroatoms. The Kier molecular flexibility index (Phi) is 4.84. The fourth-order valence-corrected chi connectivity index (χ4v) is 1.30. The summed E-state index contributed by atoms with van der Waals surface area (Å²) in [5, 5.41) is 0. The second kappa shape index (κ2) is 5.95. The first kappa shape index (κ1) is 14.6. The highest BCUT2D eigenvalue weighted by Crippen LogP contribution is 2.36. The Morgan fingerprint density at radius 1 is 1.44 bits per heavy atom. The fourth-order valence-electron chi connectivity index (χ4n) is 1.24. The zero-order valence-electron chi connectivity index (χ0n) is 9.59. The second-order valence-electron chi connectivity index (χ2n) is 3.35. The molecule has 0 radical (unpaired) electrons. The molecule has 0 spiro atoms. The van der Waals surface area contributed by atoms with Crippen molar-refractivity contribution in [3.63, 3.8) is 0 Å². The lowest BCUT2D eigenvalue weighted by Gasteiger charge is -2.11. The van der Waals surface area contributed by atoms with E-state index in [1.165, 1.54) is 6.07 Å². The molecule has 1 aromatic carbocycles. The summed E-state index contributed by atoms with van der Waals surface area (Å²) < 4.78 is 42.9. The van der Waals surface area contributed by atoms with Crippen LogP contribution >= 0.6 is 11.6 Å². The highest BCUT2D eigenvalue weighted by molar-refractivity contribution is 6.28. The Morgan fingerprint density at radius 3 is 2.61 bits per heavy atom. The molecule has 0 aliphatic rings. The van der Waals surface area contributed by atoms with Crippen molar-refractivity contribution in [1.29, 1.82) is 0 Å². The molecule has 0 fully saturated rings. The van der Waals surface area contributed by atoms with E-state index in [9.17, 15) is 13.2 Å². The Bertz CT molecular complexity index is 446. The summed E-state index contributed by atoms with van der Waals surface area (Å²) in [5.74, 6) is 0.192. The van der Waals surface area contributed by atoms with E-state index in [1.54, 1.807) is 6.92 Å². The number of halogens is 4. The van der Waals surface area contributed by atoms with Gasteiger partial charge in [0.2, 0.25) is 0 Å². The number of rotatable bonds is 4. The van der Waals surface area contributed by atoms with Crippen molar-refractivity contribution < 1.29 is 17.9 Å². The van der Waals surface area contributed by atoms with Gasteiger partial charge in [0.25, 0.3) is 0 Å². The Labute approximate surface area is 107 Å². The molecule has 0 amide bonds. The maximum absolute atomic E-state index is 12.6. The lowest BCUT2D eigenvalue weighted by atomic mass is 10.2. The zero-order valence-corrected chi connectivity index (χ0v) is 10.3. The third-order valence-electron chi connectivity index (χ3n) is 1.99. The van der Waals surface area contributed by atoms with Gasteiger partial charge in [-0.2, -0.15) is 13.2 Å². The maximum Gasteiger partial charge on any atom is 0.416 e. The van der Waals surface area contributed by atoms with E-state index in [0.29, 0.717) is 6.61 Å². The van der Waals surface area contributed by atoms with Gasteiger partial charge in [-0.15, -0.1) is 11.6 Å². The first-order valence-corrected chi connectivity index (χ1v) is 5.65. The van der Waals surface area contributed by atoms with Crippen LogP contribution in [0.4, 0.5) is 18.9 Å². The SMILES string of the molecule is CCOc1ccc(C(F)(F)F)cc1N=C(N)CCl. The molecule has 3 nitrogen and oxygen atoms in total. The standard InChI is InChI=1S/C11H12ClF3N2O/c1-2-18-9-4-3-7(11(13,14)15)5-8(9)17-10(16)6-12/h3-5H,2,6H2,1H3,(H2,16,17). The topological polar surface area (TPSA) is 47.6 Å². The van der Waals surface area contributed by atoms with Gasteiger partial charge in [-0.05, 0) is 25.1 Å². The first-order valence-electron chi connectivity index (χ1n) is 5.11. The summed E-state index contributed by atoms with van der Waals surface area (Å²) in [6.45, 7) is 2.03. The number of amidine groups is 1. The molecule has 0 saturated carbocycles. The van der Waals surface area contributed by atoms with Gasteiger partial charge in [0.05, 0.1) is 18.1 Å². The van der Waals surface area contributed by atoms with Crippen molar-refractivity contribution >= 4 is 23.1 Å². The number of ether oxygens (including phenoxy) is 1. The van der Waals surface area contributed by atoms with E-state index in [4.69, 9.17) is 22.1 Å². The zero-order chi connectivity index (χ0) is 13.8. The van der Waals surface area contributed by atoms with Crippen molar-refractivity contribution in [2.45, 2.75) is 13.1 Å². The van der Waals surface area contributed by atoms with Gasteiger partial charge < -0.3 is 10.5 Å². The number of nitrogens with zero attached hydrogens (tertiary/aromatic N) is 1. The molecule has 0 aromatic heterocycles. The summed E-state index contributed by atoms with van der Waals surface area (Å²) in [6.07, 6.45) is -4.44. The van der Waals surface area contributed by atoms with Gasteiger partial charge in [-0.25, -0.2) is 4.99 Å². The number of hydrogen-bond acceptors (Lipinski definition) is 2. The molecule has 0 unspecified atom stereocenters. The van der Waals surface area contributed by atoms with Gasteiger partial charge in [0, 0.05) is 0 Å². The fraction of sp³-hybridized carbons (Fsp3) is 0.364. The van der Waals surface area contributed by atoms with Gasteiger partial charge in [0.15, 0.2) is 0 Å². The molecule has 0 heterocycles. The molecule has 0 bridgehead atoms. The predicted octanol–water partition coefficient (Wildman–Crippen LogP) is 3.33. The minimum Gasteiger partial charge on any atom is -0.492 e. The molecular weight excluding hydrogens is 269 g/mol. The first-order chi connectivity index (χ1) is 8.38. The van der Waals surface area contributed by atoms with Gasteiger partial charge in [-0.1, -0.05) is 0 Å². The Balaban J connectivity index is 3.24. The number of nitrogens with two attached hydrogens (primary N) is 1. The smallest absolute Gasteiger partial charge is 0.416 e. The van der Waals surface area contributed by atoms with Gasteiger partial charge in [-0.3, -0.25) is 0 Å². The highest BCUT2D eigenvalue weighted by atomic mass is 35.5. The van der Waals surface area contributed by atoms with Crippen molar-refractivity contribution in [2.24, 2.45) is 10.7 Å². The average Bonchev–Trinajstić information content (AvgIpc) is 2.30. The number of alkyl halides is 4. The van der Waals surface area contributed by atoms with Crippen LogP contribution in [0.3, 0.4) is 0 Å². The maximum atomic E-state index is 12.6. The summed E-state index contributed by atoms with van der Waals surface area (Å²) in [5.41, 5.74) is 4.62. The van der Waals surface area contributed by atoms with E-state index in [-0.39, 0.29) is 23.2 Å². The number of benzene rings is 1. The molecule has 0 aliphatic heterocycles. The van der Waals surface area contributed by atoms with E-state index in [2.05, 4.69) is 4.99 Å². The number of hydrogen-bond donors (Lipinski definition) is 1. The molecule has 18 heavy (non-hydrogen) atoms. The molecule has 2 N–H and O–H groups in total. The lowest BCUT2D eigenvalue weighted by Crippen LogP contribution is -2.12. The monoisotopic (exact) mass is 280 g/mol. The summed E-state index contributed by atoms with van der Waals surface area (Å²) >= 11 is 5.44. The highest BCUT2D eigenvalue weighted by Gasteiger charge is 2.31. The minimum absolute atomic E-state index is 0.0184. The van der Waals surface area contributed by atoms with Crippen molar-refractivity contribution in [1.82, 2.24) is 0 Å². The molecule has 0 atom stereocenters. The third kappa shape index (κ3) is 3.80. The van der Waals surface area contributed by atoms with E-state index in [1.807, 2.05) is 0 Å². The Morgan fingerprint density at radius 2 is 2.11 bits per heavy atom. The van der Waals surface area contributed by atoms with Crippen LogP contribution < -0.4 is 10.5 Å². The second-order valence-corrected chi connectivity index (χ2v) is 3.62. The van der Waals surface area contributed by atoms with Crippen molar-refractivity contribution in [2.75, 3.05) is 12.5 Å². The van der Waals surface area contributed by atoms with Gasteiger partial charge >= 0.3 is 6.18 Å². The average molecular weight is 281 g/mol. The summed E-state index contributed by atoms with van der Waals surface area (Å²) in [6, 6.07) is 3.03. The molecule has 0 aliphatic carbocycles. The third-order valence-corrected chi connectivity index (χ3v) is 2.26. The van der Waals surface area contributed by atoms with Crippen molar-refractivity contribution in [3.05, 3.63) is 23.8 Å². The quantitative estimate of drug-likeness (QED) is 0.522.